The van der Waals surface area contributed by atoms with E-state index in [0.29, 0.717) is 23.5 Å². The monoisotopic (exact) mass is 354 g/mol. The van der Waals surface area contributed by atoms with E-state index < -0.39 is 0 Å². The SMILES string of the molecule is COc1cc(N)cc(C(=O)N(C)Cc2cc(Br)cs2)c1. The Balaban J connectivity index is 2.15. The summed E-state index contributed by atoms with van der Waals surface area (Å²) in [5.41, 5.74) is 6.82. The van der Waals surface area contributed by atoms with Crippen molar-refractivity contribution < 1.29 is 9.53 Å². The van der Waals surface area contributed by atoms with E-state index >= 15 is 0 Å². The zero-order valence-corrected chi connectivity index (χ0v) is 13.6. The van der Waals surface area contributed by atoms with Crippen LogP contribution in [-0.4, -0.2) is 25.0 Å². The van der Waals surface area contributed by atoms with Gasteiger partial charge in [0.05, 0.1) is 13.7 Å². The lowest BCUT2D eigenvalue weighted by atomic mass is 10.1. The number of nitrogens with two attached hydrogens (primary N) is 1. The van der Waals surface area contributed by atoms with Crippen LogP contribution in [0.5, 0.6) is 5.75 Å². The third kappa shape index (κ3) is 3.52. The van der Waals surface area contributed by atoms with Gasteiger partial charge in [0.15, 0.2) is 0 Å². The molecule has 0 fully saturated rings. The number of halogens is 1. The van der Waals surface area contributed by atoms with Crippen LogP contribution in [0.2, 0.25) is 0 Å². The van der Waals surface area contributed by atoms with Crippen LogP contribution in [0.3, 0.4) is 0 Å². The van der Waals surface area contributed by atoms with Crippen molar-refractivity contribution >= 4 is 38.9 Å². The number of carbonyl (C=O) groups is 1. The second kappa shape index (κ2) is 6.28. The molecule has 6 heteroatoms. The lowest BCUT2D eigenvalue weighted by molar-refractivity contribution is 0.0786. The van der Waals surface area contributed by atoms with Crippen LogP contribution in [-0.2, 0) is 6.54 Å². The van der Waals surface area contributed by atoms with Crippen LogP contribution in [0.15, 0.2) is 34.1 Å². The molecule has 0 radical (unpaired) electrons. The summed E-state index contributed by atoms with van der Waals surface area (Å²) in [6.45, 7) is 0.562. The summed E-state index contributed by atoms with van der Waals surface area (Å²) in [6, 6.07) is 7.05. The van der Waals surface area contributed by atoms with Crippen molar-refractivity contribution in [2.45, 2.75) is 6.54 Å². The van der Waals surface area contributed by atoms with Crippen molar-refractivity contribution in [1.29, 1.82) is 0 Å². The van der Waals surface area contributed by atoms with E-state index in [1.165, 1.54) is 0 Å². The number of hydrogen-bond acceptors (Lipinski definition) is 4. The summed E-state index contributed by atoms with van der Waals surface area (Å²) in [6.07, 6.45) is 0. The zero-order chi connectivity index (χ0) is 14.7. The summed E-state index contributed by atoms with van der Waals surface area (Å²) in [5, 5.41) is 2.00. The van der Waals surface area contributed by atoms with Gasteiger partial charge in [-0.2, -0.15) is 0 Å². The van der Waals surface area contributed by atoms with Gasteiger partial charge in [-0.1, -0.05) is 0 Å². The molecule has 2 N–H and O–H groups in total. The van der Waals surface area contributed by atoms with E-state index in [0.717, 1.165) is 9.35 Å². The average Bonchev–Trinajstić information content (AvgIpc) is 2.82. The van der Waals surface area contributed by atoms with Crippen LogP contribution in [0.1, 0.15) is 15.2 Å². The number of methoxy groups -OCH3 is 1. The highest BCUT2D eigenvalue weighted by Gasteiger charge is 2.14. The molecule has 1 aromatic heterocycles. The Morgan fingerprint density at radius 3 is 2.75 bits per heavy atom. The van der Waals surface area contributed by atoms with Crippen molar-refractivity contribution in [2.75, 3.05) is 19.9 Å². The fraction of sp³-hybridized carbons (Fsp3) is 0.214. The first-order valence-electron chi connectivity index (χ1n) is 5.92. The smallest absolute Gasteiger partial charge is 0.254 e. The molecular formula is C14H15BrN2O2S. The Morgan fingerprint density at radius 1 is 1.40 bits per heavy atom. The molecule has 2 aromatic rings. The highest BCUT2D eigenvalue weighted by atomic mass is 79.9. The first kappa shape index (κ1) is 14.9. The second-order valence-electron chi connectivity index (χ2n) is 4.39. The Kier molecular flexibility index (Phi) is 4.67. The van der Waals surface area contributed by atoms with Gasteiger partial charge in [0.1, 0.15) is 5.75 Å². The molecule has 0 atom stereocenters. The van der Waals surface area contributed by atoms with Gasteiger partial charge in [-0.05, 0) is 34.1 Å². The van der Waals surface area contributed by atoms with Crippen molar-refractivity contribution in [3.63, 3.8) is 0 Å². The van der Waals surface area contributed by atoms with E-state index in [9.17, 15) is 4.79 Å². The molecule has 0 aliphatic heterocycles. The standard InChI is InChI=1S/C14H15BrN2O2S/c1-17(7-13-5-10(15)8-20-13)14(18)9-3-11(16)6-12(4-9)19-2/h3-6,8H,7,16H2,1-2H3. The van der Waals surface area contributed by atoms with Gasteiger partial charge in [-0.3, -0.25) is 4.79 Å². The summed E-state index contributed by atoms with van der Waals surface area (Å²) >= 11 is 5.02. The third-order valence-electron chi connectivity index (χ3n) is 2.77. The molecule has 0 aliphatic carbocycles. The molecule has 0 unspecified atom stereocenters. The average molecular weight is 355 g/mol. The number of hydrogen-bond donors (Lipinski definition) is 1. The van der Waals surface area contributed by atoms with E-state index in [1.807, 2.05) is 11.4 Å². The summed E-state index contributed by atoms with van der Waals surface area (Å²) < 4.78 is 6.16. The molecule has 1 heterocycles. The van der Waals surface area contributed by atoms with Gasteiger partial charge >= 0.3 is 0 Å². The molecule has 0 saturated heterocycles. The van der Waals surface area contributed by atoms with E-state index in [4.69, 9.17) is 10.5 Å². The Labute approximate surface area is 130 Å². The van der Waals surface area contributed by atoms with Gasteiger partial charge in [-0.25, -0.2) is 0 Å². The Hall–Kier alpha value is -1.53. The van der Waals surface area contributed by atoms with Gasteiger partial charge in [-0.15, -0.1) is 11.3 Å². The number of benzene rings is 1. The Bertz CT molecular complexity index is 627. The van der Waals surface area contributed by atoms with Crippen molar-refractivity contribution in [3.8, 4) is 5.75 Å². The van der Waals surface area contributed by atoms with Gasteiger partial charge < -0.3 is 15.4 Å². The van der Waals surface area contributed by atoms with E-state index in [2.05, 4.69) is 15.9 Å². The Morgan fingerprint density at radius 2 is 2.15 bits per heavy atom. The maximum Gasteiger partial charge on any atom is 0.254 e. The van der Waals surface area contributed by atoms with Crippen LogP contribution in [0.4, 0.5) is 5.69 Å². The number of anilines is 1. The molecule has 0 spiro atoms. The predicted octanol–water partition coefficient (Wildman–Crippen LogP) is 3.37. The molecule has 0 aliphatic rings. The highest BCUT2D eigenvalue weighted by Crippen LogP contribution is 2.23. The first-order chi connectivity index (χ1) is 9.49. The minimum absolute atomic E-state index is 0.0832. The molecule has 2 rings (SSSR count). The van der Waals surface area contributed by atoms with E-state index in [-0.39, 0.29) is 5.91 Å². The van der Waals surface area contributed by atoms with Crippen molar-refractivity contribution in [1.82, 2.24) is 4.90 Å². The predicted molar refractivity (Wildman–Crippen MR) is 85.2 cm³/mol. The maximum atomic E-state index is 12.4. The number of nitrogen functional groups attached to an aromatic ring is 1. The van der Waals surface area contributed by atoms with Gasteiger partial charge in [0.2, 0.25) is 0 Å². The number of thiophene rings is 1. The number of carbonyl (C=O) groups excluding carboxylic acids is 1. The molecule has 0 bridgehead atoms. The van der Waals surface area contributed by atoms with Crippen LogP contribution < -0.4 is 10.5 Å². The number of nitrogens with zero attached hydrogens (tertiary/aromatic N) is 1. The van der Waals surface area contributed by atoms with Crippen molar-refractivity contribution in [2.24, 2.45) is 0 Å². The lowest BCUT2D eigenvalue weighted by Gasteiger charge is -2.17. The summed E-state index contributed by atoms with van der Waals surface area (Å²) in [4.78, 5) is 15.2. The third-order valence-corrected chi connectivity index (χ3v) is 4.46. The quantitative estimate of drug-likeness (QED) is 0.856. The maximum absolute atomic E-state index is 12.4. The van der Waals surface area contributed by atoms with Gasteiger partial charge in [0.25, 0.3) is 5.91 Å². The fourth-order valence-electron chi connectivity index (χ4n) is 1.83. The second-order valence-corrected chi connectivity index (χ2v) is 6.30. The topological polar surface area (TPSA) is 55.6 Å². The number of rotatable bonds is 4. The fourth-order valence-corrected chi connectivity index (χ4v) is 3.33. The molecule has 106 valence electrons. The molecule has 1 aromatic carbocycles. The minimum atomic E-state index is -0.0832. The minimum Gasteiger partial charge on any atom is -0.497 e. The van der Waals surface area contributed by atoms with Crippen LogP contribution >= 0.6 is 27.3 Å². The van der Waals surface area contributed by atoms with Crippen LogP contribution in [0.25, 0.3) is 0 Å². The highest BCUT2D eigenvalue weighted by molar-refractivity contribution is 9.10. The number of amides is 1. The summed E-state index contributed by atoms with van der Waals surface area (Å²) in [5.74, 6) is 0.501. The normalized spacial score (nSPS) is 10.3. The molecule has 1 amide bonds. The summed E-state index contributed by atoms with van der Waals surface area (Å²) in [7, 11) is 3.32. The van der Waals surface area contributed by atoms with Crippen molar-refractivity contribution in [3.05, 3.63) is 44.6 Å². The van der Waals surface area contributed by atoms with Crippen LogP contribution in [0, 0.1) is 0 Å². The molecule has 4 nitrogen and oxygen atoms in total. The molecule has 20 heavy (non-hydrogen) atoms. The lowest BCUT2D eigenvalue weighted by Crippen LogP contribution is -2.25. The number of ether oxygens (including phenoxy) is 1. The van der Waals surface area contributed by atoms with E-state index in [1.54, 1.807) is 48.6 Å². The first-order valence-corrected chi connectivity index (χ1v) is 7.60. The largest absolute Gasteiger partial charge is 0.497 e. The zero-order valence-electron chi connectivity index (χ0n) is 11.2. The molecule has 0 saturated carbocycles. The van der Waals surface area contributed by atoms with Gasteiger partial charge in [0, 0.05) is 39.1 Å². The molecular weight excluding hydrogens is 340 g/mol.